The zero-order valence-corrected chi connectivity index (χ0v) is 38.5. The van der Waals surface area contributed by atoms with E-state index >= 15 is 38.4 Å². The van der Waals surface area contributed by atoms with Crippen molar-refractivity contribution in [2.45, 2.75) is 138 Å². The molecule has 0 saturated heterocycles. The number of hydrogen-bond donors (Lipinski definition) is 6. The summed E-state index contributed by atoms with van der Waals surface area (Å²) in [4.78, 5) is 184. The van der Waals surface area contributed by atoms with E-state index in [9.17, 15) is 49.8 Å². The SMILES string of the molecule is O=C1CCC(O)C2=C3CC(O)C4=C5CC(O)CC(=O)CC6CC(=O)CCCC7=C8CCC9=C%10CC(O)CC(=O)CC(C1)C1C(=C(C9=O)C(O)(C(=C1C2=O)C3=O)C1C(=C(C7=O)C6(O)C(=C1C4=O)C5=O)C8=O)C%10=O. The van der Waals surface area contributed by atoms with Gasteiger partial charge >= 0.3 is 0 Å². The fourth-order valence-corrected chi connectivity index (χ4v) is 14.9. The van der Waals surface area contributed by atoms with Crippen molar-refractivity contribution in [1.29, 1.82) is 0 Å². The Balaban J connectivity index is 1.32. The quantitative estimate of drug-likeness (QED) is 0.174. The molecule has 0 radical (unpaired) electrons. The lowest BCUT2D eigenvalue weighted by molar-refractivity contribution is -0.132. The summed E-state index contributed by atoms with van der Waals surface area (Å²) in [5, 5.41) is 75.9. The number of fused-ring (bicyclic) bond motifs is 8. The lowest BCUT2D eigenvalue weighted by atomic mass is 9.46. The van der Waals surface area contributed by atoms with Crippen molar-refractivity contribution in [3.05, 3.63) is 89.2 Å². The molecule has 0 aromatic rings. The molecule has 6 N–H and O–H groups in total. The van der Waals surface area contributed by atoms with Crippen LogP contribution in [0.3, 0.4) is 0 Å². The lowest BCUT2D eigenvalue weighted by Gasteiger charge is -2.56. The van der Waals surface area contributed by atoms with Crippen LogP contribution in [0.25, 0.3) is 0 Å². The molecular weight excluding hydrogens is 937 g/mol. The highest BCUT2D eigenvalue weighted by atomic mass is 16.3. The minimum atomic E-state index is -3.65. The first-order chi connectivity index (χ1) is 34.1. The molecule has 72 heavy (non-hydrogen) atoms. The summed E-state index contributed by atoms with van der Waals surface area (Å²) < 4.78 is 0. The number of carbonyl (C=O) groups excluding carboxylic acids is 12. The molecule has 18 nitrogen and oxygen atoms in total. The fraction of sp³-hybridized carbons (Fsp3) is 0.481. The van der Waals surface area contributed by atoms with Crippen LogP contribution in [0.5, 0.6) is 0 Å². The second-order valence-electron chi connectivity index (χ2n) is 21.6. The molecular formula is C54H46O18. The molecule has 10 atom stereocenters. The third kappa shape index (κ3) is 5.92. The highest BCUT2D eigenvalue weighted by molar-refractivity contribution is 6.37. The van der Waals surface area contributed by atoms with E-state index in [2.05, 4.69) is 0 Å². The van der Waals surface area contributed by atoms with E-state index in [1.165, 1.54) is 0 Å². The third-order valence-electron chi connectivity index (χ3n) is 17.7. The van der Waals surface area contributed by atoms with Gasteiger partial charge in [0, 0.05) is 172 Å². The standard InChI is InChI=1S/C54H46O18/c55-19-2-1-3-25-26-5-6-27-28-14-23(59)12-21(57)9-17-8-20(56)4-7-31(61)34-30-16-32(62)35-29-15-24(60)13-22(58)11-18(10-19)53(71)43(47(25)65)38(45(26)63)40(39(52(35)70)44(53)49(29)67)54(72)41(48(27)66)36(46(28)64)33(17)37(51(34)69)42(54)50(30)68/h17-18,23-24,31-33,40,59-62,71-72H,1-16H2. The van der Waals surface area contributed by atoms with Gasteiger partial charge in [-0.3, -0.25) is 57.5 Å². The highest BCUT2D eigenvalue weighted by Crippen LogP contribution is 2.65. The second-order valence-corrected chi connectivity index (χ2v) is 21.6. The number of rotatable bonds is 0. The Kier molecular flexibility index (Phi) is 10.1. The average molecular weight is 983 g/mol. The van der Waals surface area contributed by atoms with Gasteiger partial charge in [0.2, 0.25) is 0 Å². The van der Waals surface area contributed by atoms with Crippen LogP contribution in [-0.2, 0) is 57.5 Å². The van der Waals surface area contributed by atoms with Crippen LogP contribution in [0.1, 0.15) is 103 Å². The molecule has 12 rings (SSSR count). The second kappa shape index (κ2) is 15.6. The van der Waals surface area contributed by atoms with Crippen LogP contribution in [0, 0.1) is 23.7 Å². The van der Waals surface area contributed by atoms with Crippen molar-refractivity contribution in [3.8, 4) is 0 Å². The van der Waals surface area contributed by atoms with Crippen molar-refractivity contribution in [3.63, 3.8) is 0 Å². The molecule has 0 spiro atoms. The van der Waals surface area contributed by atoms with Crippen LogP contribution < -0.4 is 0 Å². The van der Waals surface area contributed by atoms with Gasteiger partial charge in [-0.05, 0) is 38.0 Å². The van der Waals surface area contributed by atoms with Gasteiger partial charge in [-0.25, -0.2) is 0 Å². The Labute approximate surface area is 407 Å². The van der Waals surface area contributed by atoms with E-state index < -0.39 is 290 Å². The van der Waals surface area contributed by atoms with Gasteiger partial charge in [0.1, 0.15) is 34.3 Å². The maximum Gasteiger partial charge on any atom is 0.189 e. The van der Waals surface area contributed by atoms with Crippen LogP contribution >= 0.6 is 0 Å². The van der Waals surface area contributed by atoms with Gasteiger partial charge in [0.25, 0.3) is 0 Å². The number of aliphatic hydroxyl groups is 6. The van der Waals surface area contributed by atoms with Crippen molar-refractivity contribution < 1.29 is 88.2 Å². The molecule has 18 heteroatoms. The molecule has 0 heterocycles. The summed E-state index contributed by atoms with van der Waals surface area (Å²) in [7, 11) is 0. The number of hydrogen-bond acceptors (Lipinski definition) is 18. The van der Waals surface area contributed by atoms with Gasteiger partial charge in [0.05, 0.1) is 30.3 Å². The monoisotopic (exact) mass is 982 g/mol. The van der Waals surface area contributed by atoms with E-state index in [1.54, 1.807) is 0 Å². The van der Waals surface area contributed by atoms with Crippen molar-refractivity contribution in [1.82, 2.24) is 0 Å². The summed E-state index contributed by atoms with van der Waals surface area (Å²) in [6, 6.07) is 0. The van der Waals surface area contributed by atoms with E-state index in [-0.39, 0.29) is 30.4 Å². The van der Waals surface area contributed by atoms with Gasteiger partial charge in [-0.1, -0.05) is 0 Å². The van der Waals surface area contributed by atoms with E-state index in [0.717, 1.165) is 0 Å². The van der Waals surface area contributed by atoms with Gasteiger partial charge in [-0.2, -0.15) is 0 Å². The summed E-state index contributed by atoms with van der Waals surface area (Å²) in [6.07, 6.45) is -17.0. The topological polar surface area (TPSA) is 326 Å². The molecule has 0 aliphatic heterocycles. The van der Waals surface area contributed by atoms with Crippen molar-refractivity contribution >= 4 is 69.4 Å². The molecule has 0 amide bonds. The molecule has 16 bridgehead atoms. The summed E-state index contributed by atoms with van der Waals surface area (Å²) >= 11 is 0. The first-order valence-electron chi connectivity index (χ1n) is 24.6. The molecule has 10 unspecified atom stereocenters. The molecule has 12 aliphatic rings. The predicted octanol–water partition coefficient (Wildman–Crippen LogP) is -0.0362. The molecule has 0 aromatic carbocycles. The Morgan fingerprint density at radius 1 is 0.347 bits per heavy atom. The molecule has 6 saturated carbocycles. The zero-order valence-electron chi connectivity index (χ0n) is 38.5. The van der Waals surface area contributed by atoms with Crippen LogP contribution in [0.4, 0.5) is 0 Å². The van der Waals surface area contributed by atoms with Crippen molar-refractivity contribution in [2.75, 3.05) is 0 Å². The molecule has 6 fully saturated rings. The zero-order chi connectivity index (χ0) is 51.1. The summed E-state index contributed by atoms with van der Waals surface area (Å²) in [5.74, 6) is -20.0. The summed E-state index contributed by atoms with van der Waals surface area (Å²) in [5.41, 5.74) is -18.9. The Hall–Kier alpha value is -6.28. The predicted molar refractivity (Wildman–Crippen MR) is 238 cm³/mol. The van der Waals surface area contributed by atoms with Crippen LogP contribution in [-0.4, -0.2) is 136 Å². The maximum atomic E-state index is 16.1. The van der Waals surface area contributed by atoms with Crippen LogP contribution in [0.2, 0.25) is 0 Å². The van der Waals surface area contributed by atoms with Crippen molar-refractivity contribution in [2.24, 2.45) is 23.7 Å². The average Bonchev–Trinajstić information content (AvgIpc) is 3.29. The molecule has 12 aliphatic carbocycles. The smallest absolute Gasteiger partial charge is 0.189 e. The largest absolute Gasteiger partial charge is 0.392 e. The van der Waals surface area contributed by atoms with Crippen LogP contribution in [0.15, 0.2) is 89.2 Å². The lowest BCUT2D eigenvalue weighted by Crippen LogP contribution is -2.64. The molecule has 0 aromatic heterocycles. The van der Waals surface area contributed by atoms with E-state index in [0.29, 0.717) is 0 Å². The molecule has 370 valence electrons. The number of aliphatic hydroxyl groups excluding tert-OH is 4. The first-order valence-corrected chi connectivity index (χ1v) is 24.6. The van der Waals surface area contributed by atoms with E-state index in [1.807, 2.05) is 0 Å². The van der Waals surface area contributed by atoms with Gasteiger partial charge in [-0.15, -0.1) is 0 Å². The Bertz CT molecular complexity index is 3220. The number of Topliss-reactive ketones (excluding diaryl/α,β-unsaturated/α-hetero) is 12. The third-order valence-corrected chi connectivity index (χ3v) is 17.7. The van der Waals surface area contributed by atoms with Gasteiger partial charge in [0.15, 0.2) is 46.3 Å². The highest BCUT2D eigenvalue weighted by Gasteiger charge is 2.71. The number of carbonyl (C=O) groups is 12. The Morgan fingerprint density at radius 3 is 1.44 bits per heavy atom. The number of allylic oxidation sites excluding steroid dienone is 5. The normalized spacial score (nSPS) is 37.2. The minimum absolute atomic E-state index is 0.0625. The van der Waals surface area contributed by atoms with E-state index in [4.69, 9.17) is 0 Å². The number of ketones is 12. The fourth-order valence-electron chi connectivity index (χ4n) is 14.9. The van der Waals surface area contributed by atoms with Gasteiger partial charge < -0.3 is 30.6 Å². The first kappa shape index (κ1) is 46.8. The Morgan fingerprint density at radius 2 is 0.792 bits per heavy atom. The summed E-state index contributed by atoms with van der Waals surface area (Å²) in [6.45, 7) is 0. The maximum absolute atomic E-state index is 16.1. The minimum Gasteiger partial charge on any atom is -0.392 e.